The number of aromatic nitrogens is 2. The first-order valence-corrected chi connectivity index (χ1v) is 6.47. The molecule has 0 aliphatic carbocycles. The Bertz CT molecular complexity index is 860. The molecule has 0 aliphatic rings. The van der Waals surface area contributed by atoms with Crippen LogP contribution in [0.3, 0.4) is 0 Å². The summed E-state index contributed by atoms with van der Waals surface area (Å²) >= 11 is 0.950. The predicted molar refractivity (Wildman–Crippen MR) is 74.0 cm³/mol. The van der Waals surface area contributed by atoms with Crippen molar-refractivity contribution in [2.75, 3.05) is 0 Å². The Morgan fingerprint density at radius 1 is 1.16 bits per heavy atom. The molecular weight excluding hydrogens is 264 g/mol. The third-order valence-corrected chi connectivity index (χ3v) is 3.76. The van der Waals surface area contributed by atoms with E-state index in [4.69, 9.17) is 0 Å². The van der Waals surface area contributed by atoms with Gasteiger partial charge in [-0.3, -0.25) is 14.6 Å². The first-order valence-electron chi connectivity index (χ1n) is 5.65. The van der Waals surface area contributed by atoms with Gasteiger partial charge in [-0.1, -0.05) is 29.5 Å². The molecule has 0 aliphatic heterocycles. The molecule has 2 aromatic heterocycles. The van der Waals surface area contributed by atoms with Gasteiger partial charge in [-0.2, -0.15) is 0 Å². The number of para-hydroxylation sites is 1. The van der Waals surface area contributed by atoms with Crippen molar-refractivity contribution in [3.8, 4) is 5.88 Å². The number of nitrogens with one attached hydrogen (secondary N) is 2. The fraction of sp³-hybridized carbons (Fsp3) is 0.0769. The highest BCUT2D eigenvalue weighted by Crippen LogP contribution is 2.23. The van der Waals surface area contributed by atoms with E-state index < -0.39 is 0 Å². The van der Waals surface area contributed by atoms with Crippen molar-refractivity contribution < 1.29 is 5.11 Å². The summed E-state index contributed by atoms with van der Waals surface area (Å²) in [6.07, 6.45) is 0.347. The van der Waals surface area contributed by atoms with Gasteiger partial charge < -0.3 is 10.1 Å². The first-order chi connectivity index (χ1) is 9.13. The molecule has 3 N–H and O–H groups in total. The van der Waals surface area contributed by atoms with Crippen LogP contribution in [0.15, 0.2) is 39.9 Å². The van der Waals surface area contributed by atoms with Crippen molar-refractivity contribution in [1.29, 1.82) is 0 Å². The second-order valence-corrected chi connectivity index (χ2v) is 5.24. The zero-order valence-electron chi connectivity index (χ0n) is 9.77. The van der Waals surface area contributed by atoms with E-state index in [-0.39, 0.29) is 16.3 Å². The summed E-state index contributed by atoms with van der Waals surface area (Å²) in [5.74, 6) is -0.126. The van der Waals surface area contributed by atoms with Crippen LogP contribution in [0.25, 0.3) is 10.9 Å². The minimum atomic E-state index is -0.304. The average Bonchev–Trinajstić information content (AvgIpc) is 2.67. The molecule has 3 aromatic rings. The lowest BCUT2D eigenvalue weighted by Gasteiger charge is -2.04. The number of aromatic hydroxyl groups is 1. The Labute approximate surface area is 111 Å². The normalized spacial score (nSPS) is 10.9. The van der Waals surface area contributed by atoms with E-state index in [1.807, 2.05) is 24.3 Å². The average molecular weight is 274 g/mol. The number of aromatic amines is 2. The Balaban J connectivity index is 2.17. The zero-order chi connectivity index (χ0) is 13.4. The molecule has 2 heterocycles. The van der Waals surface area contributed by atoms with Gasteiger partial charge in [0.1, 0.15) is 0 Å². The summed E-state index contributed by atoms with van der Waals surface area (Å²) in [4.78, 5) is 28.1. The van der Waals surface area contributed by atoms with Gasteiger partial charge in [0, 0.05) is 23.4 Å². The van der Waals surface area contributed by atoms with Crippen LogP contribution in [-0.2, 0) is 6.42 Å². The maximum Gasteiger partial charge on any atom is 0.307 e. The van der Waals surface area contributed by atoms with Gasteiger partial charge in [0.05, 0.1) is 4.88 Å². The molecule has 0 atom stereocenters. The highest BCUT2D eigenvalue weighted by molar-refractivity contribution is 7.09. The topological polar surface area (TPSA) is 85.9 Å². The second kappa shape index (κ2) is 4.40. The lowest BCUT2D eigenvalue weighted by atomic mass is 10.1. The van der Waals surface area contributed by atoms with Crippen molar-refractivity contribution >= 4 is 22.2 Å². The van der Waals surface area contributed by atoms with Crippen molar-refractivity contribution in [1.82, 2.24) is 9.97 Å². The third-order valence-electron chi connectivity index (χ3n) is 2.89. The summed E-state index contributed by atoms with van der Waals surface area (Å²) in [5.41, 5.74) is 1.33. The molecule has 0 radical (unpaired) electrons. The predicted octanol–water partition coefficient (Wildman–Crippen LogP) is 1.57. The van der Waals surface area contributed by atoms with E-state index >= 15 is 0 Å². The lowest BCUT2D eigenvalue weighted by molar-refractivity contribution is 0.451. The largest absolute Gasteiger partial charge is 0.494 e. The van der Waals surface area contributed by atoms with Crippen molar-refractivity contribution in [2.45, 2.75) is 6.42 Å². The third kappa shape index (κ3) is 2.17. The van der Waals surface area contributed by atoms with Crippen LogP contribution < -0.4 is 10.4 Å². The van der Waals surface area contributed by atoms with E-state index in [1.165, 1.54) is 6.07 Å². The molecule has 0 fully saturated rings. The van der Waals surface area contributed by atoms with Gasteiger partial charge in [0.15, 0.2) is 0 Å². The lowest BCUT2D eigenvalue weighted by Crippen LogP contribution is -2.06. The molecule has 0 saturated carbocycles. The van der Waals surface area contributed by atoms with Crippen LogP contribution in [0.4, 0.5) is 0 Å². The molecule has 3 rings (SSSR count). The molecule has 96 valence electrons. The van der Waals surface area contributed by atoms with Gasteiger partial charge in [0.2, 0.25) is 11.4 Å². The Morgan fingerprint density at radius 2 is 1.95 bits per heavy atom. The monoisotopic (exact) mass is 274 g/mol. The van der Waals surface area contributed by atoms with Crippen molar-refractivity contribution in [3.05, 3.63) is 60.8 Å². The van der Waals surface area contributed by atoms with Gasteiger partial charge >= 0.3 is 4.87 Å². The molecule has 0 spiro atoms. The van der Waals surface area contributed by atoms with Crippen LogP contribution in [-0.4, -0.2) is 15.1 Å². The van der Waals surface area contributed by atoms with E-state index in [0.717, 1.165) is 27.8 Å². The number of fused-ring (bicyclic) bond motifs is 1. The second-order valence-electron chi connectivity index (χ2n) is 4.17. The van der Waals surface area contributed by atoms with E-state index in [2.05, 4.69) is 9.97 Å². The van der Waals surface area contributed by atoms with Gasteiger partial charge in [-0.05, 0) is 11.6 Å². The van der Waals surface area contributed by atoms with Crippen LogP contribution in [0.5, 0.6) is 5.88 Å². The molecule has 19 heavy (non-hydrogen) atoms. The van der Waals surface area contributed by atoms with Gasteiger partial charge in [-0.25, -0.2) is 0 Å². The number of rotatable bonds is 2. The maximum atomic E-state index is 11.6. The Hall–Kier alpha value is -2.34. The highest BCUT2D eigenvalue weighted by atomic mass is 32.1. The number of H-pyrrole nitrogens is 2. The minimum absolute atomic E-state index is 0.126. The van der Waals surface area contributed by atoms with E-state index in [1.54, 1.807) is 0 Å². The smallest absolute Gasteiger partial charge is 0.307 e. The number of hydrogen-bond donors (Lipinski definition) is 3. The van der Waals surface area contributed by atoms with Crippen LogP contribution in [0.2, 0.25) is 0 Å². The summed E-state index contributed by atoms with van der Waals surface area (Å²) in [6.45, 7) is 0. The van der Waals surface area contributed by atoms with Crippen molar-refractivity contribution in [3.63, 3.8) is 0 Å². The summed E-state index contributed by atoms with van der Waals surface area (Å²) in [5, 5.41) is 10.5. The quantitative estimate of drug-likeness (QED) is 0.663. The standard InChI is InChI=1S/C13H10N2O3S/c16-11-6-7(5-10-12(17)15-13(18)19-10)8-3-1-2-4-9(8)14-11/h1-4,6,17H,5H2,(H,14,16)(H,15,18). The molecule has 6 heteroatoms. The highest BCUT2D eigenvalue weighted by Gasteiger charge is 2.10. The molecule has 0 saturated heterocycles. The summed E-state index contributed by atoms with van der Waals surface area (Å²) < 4.78 is 0. The molecule has 0 amide bonds. The minimum Gasteiger partial charge on any atom is -0.494 e. The number of hydrogen-bond acceptors (Lipinski definition) is 4. The summed E-state index contributed by atoms with van der Waals surface area (Å²) in [6, 6.07) is 8.93. The first kappa shape index (κ1) is 11.7. The van der Waals surface area contributed by atoms with Crippen LogP contribution in [0, 0.1) is 0 Å². The molecule has 0 bridgehead atoms. The van der Waals surface area contributed by atoms with E-state index in [0.29, 0.717) is 11.3 Å². The SMILES string of the molecule is O=c1cc(Cc2sc(=O)[nH]c2O)c2ccccc2[nH]1. The van der Waals surface area contributed by atoms with Crippen LogP contribution >= 0.6 is 11.3 Å². The van der Waals surface area contributed by atoms with Gasteiger partial charge in [0.25, 0.3) is 0 Å². The number of benzene rings is 1. The van der Waals surface area contributed by atoms with Gasteiger partial charge in [-0.15, -0.1) is 0 Å². The fourth-order valence-corrected chi connectivity index (χ4v) is 2.81. The van der Waals surface area contributed by atoms with Crippen molar-refractivity contribution in [2.24, 2.45) is 0 Å². The Kier molecular flexibility index (Phi) is 2.72. The summed E-state index contributed by atoms with van der Waals surface area (Å²) in [7, 11) is 0. The van der Waals surface area contributed by atoms with Crippen LogP contribution in [0.1, 0.15) is 10.4 Å². The number of pyridine rings is 1. The molecule has 0 unspecified atom stereocenters. The number of thiazole rings is 1. The molecular formula is C13H10N2O3S. The Morgan fingerprint density at radius 3 is 2.68 bits per heavy atom. The fourth-order valence-electron chi connectivity index (χ4n) is 2.07. The maximum absolute atomic E-state index is 11.6. The van der Waals surface area contributed by atoms with E-state index in [9.17, 15) is 14.7 Å². The molecule has 5 nitrogen and oxygen atoms in total. The molecule has 1 aromatic carbocycles. The zero-order valence-corrected chi connectivity index (χ0v) is 10.6.